The van der Waals surface area contributed by atoms with E-state index in [9.17, 15) is 8.78 Å². The zero-order valence-corrected chi connectivity index (χ0v) is 4.95. The Hall–Kier alpha value is -0.180. The van der Waals surface area contributed by atoms with Crippen LogP contribution >= 0.6 is 0 Å². The van der Waals surface area contributed by atoms with Crippen molar-refractivity contribution < 1.29 is 8.78 Å². The van der Waals surface area contributed by atoms with E-state index in [-0.39, 0.29) is 6.54 Å². The van der Waals surface area contributed by atoms with Crippen LogP contribution in [0.2, 0.25) is 0 Å². The summed E-state index contributed by atoms with van der Waals surface area (Å²) < 4.78 is 23.2. The van der Waals surface area contributed by atoms with Gasteiger partial charge in [-0.3, -0.25) is 0 Å². The second-order valence-electron chi connectivity index (χ2n) is 1.56. The molecule has 0 aliphatic carbocycles. The lowest BCUT2D eigenvalue weighted by molar-refractivity contribution is 0.254. The summed E-state index contributed by atoms with van der Waals surface area (Å²) in [6.45, 7) is 1.80. The Morgan fingerprint density at radius 3 is 2.62 bits per heavy atom. The lowest BCUT2D eigenvalue weighted by Gasteiger charge is -2.01. The molecule has 0 aliphatic rings. The van der Waals surface area contributed by atoms with Crippen LogP contribution < -0.4 is 5.32 Å². The van der Waals surface area contributed by atoms with Gasteiger partial charge in [-0.1, -0.05) is 6.92 Å². The standard InChI is InChI=1S/C5H11F2N/c1-2-8-4-5(7)3-6/h5,8H,2-4H2,1H3. The van der Waals surface area contributed by atoms with Gasteiger partial charge in [-0.2, -0.15) is 0 Å². The smallest absolute Gasteiger partial charge is 0.141 e. The van der Waals surface area contributed by atoms with Crippen LogP contribution in [0.4, 0.5) is 8.78 Å². The fraction of sp³-hybridized carbons (Fsp3) is 1.00. The van der Waals surface area contributed by atoms with Gasteiger partial charge in [-0.15, -0.1) is 0 Å². The fourth-order valence-corrected chi connectivity index (χ4v) is 0.356. The van der Waals surface area contributed by atoms with Gasteiger partial charge in [-0.05, 0) is 6.54 Å². The number of rotatable bonds is 4. The van der Waals surface area contributed by atoms with Gasteiger partial charge in [0.05, 0.1) is 0 Å². The molecule has 1 nitrogen and oxygen atoms in total. The molecule has 0 amide bonds. The quantitative estimate of drug-likeness (QED) is 0.585. The molecule has 0 saturated heterocycles. The second kappa shape index (κ2) is 4.97. The highest BCUT2D eigenvalue weighted by Crippen LogP contribution is 1.87. The average molecular weight is 123 g/mol. The highest BCUT2D eigenvalue weighted by Gasteiger charge is 2.01. The molecule has 8 heavy (non-hydrogen) atoms. The number of alkyl halides is 2. The van der Waals surface area contributed by atoms with Crippen molar-refractivity contribution in [2.75, 3.05) is 19.8 Å². The summed E-state index contributed by atoms with van der Waals surface area (Å²) in [6.07, 6.45) is -1.32. The van der Waals surface area contributed by atoms with E-state index in [1.54, 1.807) is 0 Å². The van der Waals surface area contributed by atoms with E-state index in [1.165, 1.54) is 0 Å². The first kappa shape index (κ1) is 7.82. The second-order valence-corrected chi connectivity index (χ2v) is 1.56. The van der Waals surface area contributed by atoms with Gasteiger partial charge in [-0.25, -0.2) is 8.78 Å². The monoisotopic (exact) mass is 123 g/mol. The zero-order chi connectivity index (χ0) is 6.41. The average Bonchev–Trinajstić information content (AvgIpc) is 1.83. The molecular formula is C5H11F2N. The highest BCUT2D eigenvalue weighted by molar-refractivity contribution is 4.55. The normalized spacial score (nSPS) is 13.9. The number of hydrogen-bond acceptors (Lipinski definition) is 1. The number of nitrogens with one attached hydrogen (secondary N) is 1. The first-order valence-electron chi connectivity index (χ1n) is 2.72. The Morgan fingerprint density at radius 2 is 2.25 bits per heavy atom. The molecule has 0 saturated carbocycles. The van der Waals surface area contributed by atoms with E-state index < -0.39 is 12.8 Å². The predicted molar refractivity (Wildman–Crippen MR) is 29.4 cm³/mol. The fourth-order valence-electron chi connectivity index (χ4n) is 0.356. The molecular weight excluding hydrogens is 112 g/mol. The Bertz CT molecular complexity index is 49.7. The van der Waals surface area contributed by atoms with Gasteiger partial charge in [0, 0.05) is 6.54 Å². The topological polar surface area (TPSA) is 12.0 Å². The Morgan fingerprint density at radius 1 is 1.62 bits per heavy atom. The molecule has 0 aromatic heterocycles. The highest BCUT2D eigenvalue weighted by atomic mass is 19.2. The van der Waals surface area contributed by atoms with E-state index in [0.717, 1.165) is 0 Å². The van der Waals surface area contributed by atoms with E-state index >= 15 is 0 Å². The Labute approximate surface area is 48.1 Å². The third-order valence-electron chi connectivity index (χ3n) is 0.783. The molecule has 0 radical (unpaired) electrons. The maximum absolute atomic E-state index is 11.9. The van der Waals surface area contributed by atoms with Crippen LogP contribution in [0.25, 0.3) is 0 Å². The van der Waals surface area contributed by atoms with Gasteiger partial charge in [0.15, 0.2) is 0 Å². The van der Waals surface area contributed by atoms with Crippen molar-refractivity contribution in [3.8, 4) is 0 Å². The molecule has 0 fully saturated rings. The van der Waals surface area contributed by atoms with E-state index in [0.29, 0.717) is 6.54 Å². The minimum atomic E-state index is -1.32. The molecule has 50 valence electrons. The lowest BCUT2D eigenvalue weighted by Crippen LogP contribution is -2.24. The van der Waals surface area contributed by atoms with Crippen LogP contribution in [-0.4, -0.2) is 25.9 Å². The van der Waals surface area contributed by atoms with Crippen molar-refractivity contribution in [2.24, 2.45) is 0 Å². The summed E-state index contributed by atoms with van der Waals surface area (Å²) in [5.41, 5.74) is 0. The minimum absolute atomic E-state index is 0.132. The van der Waals surface area contributed by atoms with Crippen molar-refractivity contribution in [3.05, 3.63) is 0 Å². The summed E-state index contributed by atoms with van der Waals surface area (Å²) >= 11 is 0. The largest absolute Gasteiger partial charge is 0.314 e. The molecule has 0 aliphatic heterocycles. The van der Waals surface area contributed by atoms with Gasteiger partial charge in [0.2, 0.25) is 0 Å². The molecule has 0 bridgehead atoms. The van der Waals surface area contributed by atoms with Crippen molar-refractivity contribution in [1.82, 2.24) is 5.32 Å². The Kier molecular flexibility index (Phi) is 4.85. The molecule has 1 atom stereocenters. The van der Waals surface area contributed by atoms with Gasteiger partial charge in [0.1, 0.15) is 12.8 Å². The molecule has 0 spiro atoms. The summed E-state index contributed by atoms with van der Waals surface area (Å²) in [4.78, 5) is 0. The summed E-state index contributed by atoms with van der Waals surface area (Å²) in [5.74, 6) is 0. The summed E-state index contributed by atoms with van der Waals surface area (Å²) in [7, 11) is 0. The summed E-state index contributed by atoms with van der Waals surface area (Å²) in [6, 6.07) is 0. The van der Waals surface area contributed by atoms with Crippen LogP contribution in [0.5, 0.6) is 0 Å². The maximum Gasteiger partial charge on any atom is 0.141 e. The summed E-state index contributed by atoms with van der Waals surface area (Å²) in [5, 5.41) is 2.68. The van der Waals surface area contributed by atoms with Crippen LogP contribution in [0.1, 0.15) is 6.92 Å². The molecule has 3 heteroatoms. The lowest BCUT2D eigenvalue weighted by atomic mass is 10.4. The van der Waals surface area contributed by atoms with E-state index in [1.807, 2.05) is 6.92 Å². The number of halogens is 2. The molecule has 0 aromatic carbocycles. The molecule has 1 unspecified atom stereocenters. The van der Waals surface area contributed by atoms with Crippen LogP contribution in [0.15, 0.2) is 0 Å². The van der Waals surface area contributed by atoms with Crippen LogP contribution in [0.3, 0.4) is 0 Å². The van der Waals surface area contributed by atoms with Gasteiger partial charge in [0.25, 0.3) is 0 Å². The molecule has 0 rings (SSSR count). The predicted octanol–water partition coefficient (Wildman–Crippen LogP) is 0.903. The van der Waals surface area contributed by atoms with Crippen LogP contribution in [-0.2, 0) is 0 Å². The van der Waals surface area contributed by atoms with Crippen molar-refractivity contribution >= 4 is 0 Å². The maximum atomic E-state index is 11.9. The molecule has 0 aromatic rings. The molecule has 1 N–H and O–H groups in total. The van der Waals surface area contributed by atoms with Crippen molar-refractivity contribution in [1.29, 1.82) is 0 Å². The first-order chi connectivity index (χ1) is 3.81. The minimum Gasteiger partial charge on any atom is -0.314 e. The van der Waals surface area contributed by atoms with Gasteiger partial charge >= 0.3 is 0 Å². The van der Waals surface area contributed by atoms with E-state index in [2.05, 4.69) is 5.32 Å². The number of hydrogen-bond donors (Lipinski definition) is 1. The SMILES string of the molecule is CCNCC(F)CF. The van der Waals surface area contributed by atoms with Crippen molar-refractivity contribution in [3.63, 3.8) is 0 Å². The molecule has 0 heterocycles. The first-order valence-corrected chi connectivity index (χ1v) is 2.72. The third-order valence-corrected chi connectivity index (χ3v) is 0.783. The van der Waals surface area contributed by atoms with Crippen LogP contribution in [0, 0.1) is 0 Å². The third kappa shape index (κ3) is 3.99. The van der Waals surface area contributed by atoms with E-state index in [4.69, 9.17) is 0 Å². The zero-order valence-electron chi connectivity index (χ0n) is 4.95. The Balaban J connectivity index is 2.86. The van der Waals surface area contributed by atoms with Crippen molar-refractivity contribution in [2.45, 2.75) is 13.1 Å². The van der Waals surface area contributed by atoms with Gasteiger partial charge < -0.3 is 5.32 Å².